The van der Waals surface area contributed by atoms with Gasteiger partial charge < -0.3 is 5.32 Å². The summed E-state index contributed by atoms with van der Waals surface area (Å²) in [6, 6.07) is 20.3. The van der Waals surface area contributed by atoms with Crippen LogP contribution in [0.5, 0.6) is 0 Å². The number of hydrogen-bond acceptors (Lipinski definition) is 3. The van der Waals surface area contributed by atoms with Crippen LogP contribution in [-0.4, -0.2) is 27.1 Å². The number of nitrogens with one attached hydrogen (secondary N) is 1. The fourth-order valence-corrected chi connectivity index (χ4v) is 3.80. The average molecular weight is 403 g/mol. The van der Waals surface area contributed by atoms with Crippen LogP contribution in [0.2, 0.25) is 5.02 Å². The third kappa shape index (κ3) is 4.99. The van der Waals surface area contributed by atoms with E-state index in [-0.39, 0.29) is 6.54 Å². The Hall–Kier alpha value is -2.57. The molecule has 0 saturated carbocycles. The van der Waals surface area contributed by atoms with Crippen molar-refractivity contribution in [3.8, 4) is 0 Å². The van der Waals surface area contributed by atoms with Crippen molar-refractivity contribution >= 4 is 44.0 Å². The van der Waals surface area contributed by atoms with E-state index in [1.54, 1.807) is 18.2 Å². The fraction of sp³-hybridized carbons (Fsp3) is 0.150. The molecule has 27 heavy (non-hydrogen) atoms. The van der Waals surface area contributed by atoms with Gasteiger partial charge in [-0.2, -0.15) is 0 Å². The molecule has 0 aliphatic heterocycles. The predicted molar refractivity (Wildman–Crippen MR) is 109 cm³/mol. The zero-order chi connectivity index (χ0) is 19.4. The van der Waals surface area contributed by atoms with Crippen molar-refractivity contribution in [3.63, 3.8) is 0 Å². The summed E-state index contributed by atoms with van der Waals surface area (Å²) in [5, 5.41) is 5.38. The van der Waals surface area contributed by atoms with Crippen molar-refractivity contribution in [2.45, 2.75) is 6.54 Å². The third-order valence-corrected chi connectivity index (χ3v) is 5.46. The number of anilines is 1. The molecule has 0 unspecified atom stereocenters. The van der Waals surface area contributed by atoms with Gasteiger partial charge in [-0.25, -0.2) is 8.42 Å². The number of halogens is 1. The molecular formula is C20H19ClN2O3S. The molecule has 0 aromatic heterocycles. The van der Waals surface area contributed by atoms with Gasteiger partial charge in [-0.1, -0.05) is 54.1 Å². The van der Waals surface area contributed by atoms with Crippen molar-refractivity contribution in [1.82, 2.24) is 5.32 Å². The number of fused-ring (bicyclic) bond motifs is 1. The molecule has 0 heterocycles. The first-order valence-electron chi connectivity index (χ1n) is 8.30. The Morgan fingerprint density at radius 3 is 2.44 bits per heavy atom. The molecule has 0 bridgehead atoms. The number of hydrogen-bond donors (Lipinski definition) is 1. The minimum Gasteiger partial charge on any atom is -0.350 e. The first-order valence-corrected chi connectivity index (χ1v) is 10.5. The van der Waals surface area contributed by atoms with Crippen LogP contribution in [0.3, 0.4) is 0 Å². The van der Waals surface area contributed by atoms with Crippen LogP contribution in [0.4, 0.5) is 5.69 Å². The van der Waals surface area contributed by atoms with Crippen molar-refractivity contribution in [2.24, 2.45) is 0 Å². The molecule has 0 spiro atoms. The van der Waals surface area contributed by atoms with E-state index in [9.17, 15) is 13.2 Å². The maximum Gasteiger partial charge on any atom is 0.241 e. The summed E-state index contributed by atoms with van der Waals surface area (Å²) in [6.07, 6.45) is 1.06. The van der Waals surface area contributed by atoms with Gasteiger partial charge in [0.1, 0.15) is 6.54 Å². The zero-order valence-corrected chi connectivity index (χ0v) is 16.3. The largest absolute Gasteiger partial charge is 0.350 e. The number of sulfonamides is 1. The first kappa shape index (κ1) is 19.2. The lowest BCUT2D eigenvalue weighted by Crippen LogP contribution is -2.40. The second kappa shape index (κ2) is 7.98. The summed E-state index contributed by atoms with van der Waals surface area (Å²) in [4.78, 5) is 12.3. The minimum atomic E-state index is -3.63. The minimum absolute atomic E-state index is 0.313. The van der Waals surface area contributed by atoms with E-state index in [0.717, 1.165) is 26.9 Å². The number of carbonyl (C=O) groups excluding carboxylic acids is 1. The normalized spacial score (nSPS) is 11.3. The fourth-order valence-electron chi connectivity index (χ4n) is 2.77. The van der Waals surface area contributed by atoms with E-state index in [0.29, 0.717) is 17.3 Å². The quantitative estimate of drug-likeness (QED) is 0.685. The summed E-state index contributed by atoms with van der Waals surface area (Å²) in [6.45, 7) is 0.00354. The molecule has 0 atom stereocenters. The Morgan fingerprint density at radius 1 is 1.00 bits per heavy atom. The van der Waals surface area contributed by atoms with Crippen LogP contribution < -0.4 is 9.62 Å². The molecule has 0 radical (unpaired) electrons. The Labute approximate surface area is 163 Å². The third-order valence-electron chi connectivity index (χ3n) is 4.09. The highest BCUT2D eigenvalue weighted by atomic mass is 35.5. The smallest absolute Gasteiger partial charge is 0.241 e. The highest BCUT2D eigenvalue weighted by Crippen LogP contribution is 2.21. The maximum absolute atomic E-state index is 12.3. The van der Waals surface area contributed by atoms with E-state index < -0.39 is 15.9 Å². The van der Waals surface area contributed by atoms with Gasteiger partial charge in [0.25, 0.3) is 0 Å². The van der Waals surface area contributed by atoms with Crippen LogP contribution in [-0.2, 0) is 21.4 Å². The average Bonchev–Trinajstić information content (AvgIpc) is 2.63. The monoisotopic (exact) mass is 402 g/mol. The van der Waals surface area contributed by atoms with E-state index in [1.807, 2.05) is 42.5 Å². The lowest BCUT2D eigenvalue weighted by molar-refractivity contribution is -0.119. The Bertz CT molecular complexity index is 1080. The van der Waals surface area contributed by atoms with Gasteiger partial charge in [-0.15, -0.1) is 0 Å². The van der Waals surface area contributed by atoms with E-state index in [1.165, 1.54) is 6.07 Å². The lowest BCUT2D eigenvalue weighted by Gasteiger charge is -2.22. The van der Waals surface area contributed by atoms with Crippen molar-refractivity contribution in [3.05, 3.63) is 77.3 Å². The van der Waals surface area contributed by atoms with Crippen molar-refractivity contribution < 1.29 is 13.2 Å². The van der Waals surface area contributed by atoms with Gasteiger partial charge in [0.05, 0.1) is 11.9 Å². The van der Waals surface area contributed by atoms with E-state index in [4.69, 9.17) is 11.6 Å². The van der Waals surface area contributed by atoms with Crippen LogP contribution in [0.15, 0.2) is 66.7 Å². The number of benzene rings is 3. The number of amides is 1. The van der Waals surface area contributed by atoms with Gasteiger partial charge in [0, 0.05) is 11.6 Å². The number of carbonyl (C=O) groups is 1. The Kier molecular flexibility index (Phi) is 5.68. The molecule has 3 aromatic carbocycles. The summed E-state index contributed by atoms with van der Waals surface area (Å²) in [5.74, 6) is -0.395. The standard InChI is InChI=1S/C20H19ClN2O3S/c1-27(25,26)23(19-8-4-7-18(21)12-19)14-20(24)22-13-15-9-10-16-5-2-3-6-17(16)11-15/h2-12H,13-14H2,1H3,(H,22,24). The van der Waals surface area contributed by atoms with Crippen LogP contribution >= 0.6 is 11.6 Å². The van der Waals surface area contributed by atoms with Gasteiger partial charge in [0.2, 0.25) is 15.9 Å². The van der Waals surface area contributed by atoms with E-state index in [2.05, 4.69) is 5.32 Å². The van der Waals surface area contributed by atoms with E-state index >= 15 is 0 Å². The molecule has 0 aliphatic carbocycles. The zero-order valence-electron chi connectivity index (χ0n) is 14.7. The molecule has 3 rings (SSSR count). The number of nitrogens with zero attached hydrogens (tertiary/aromatic N) is 1. The molecule has 3 aromatic rings. The molecule has 0 aliphatic rings. The molecule has 0 fully saturated rings. The Morgan fingerprint density at radius 2 is 1.74 bits per heavy atom. The summed E-state index contributed by atoms with van der Waals surface area (Å²) in [7, 11) is -3.63. The maximum atomic E-state index is 12.3. The Balaban J connectivity index is 1.70. The molecule has 5 nitrogen and oxygen atoms in total. The van der Waals surface area contributed by atoms with Gasteiger partial charge in [-0.05, 0) is 40.6 Å². The molecule has 1 N–H and O–H groups in total. The second-order valence-electron chi connectivity index (χ2n) is 6.21. The summed E-state index contributed by atoms with van der Waals surface area (Å²) in [5.41, 5.74) is 1.29. The molecule has 1 amide bonds. The highest BCUT2D eigenvalue weighted by Gasteiger charge is 2.20. The summed E-state index contributed by atoms with van der Waals surface area (Å²) >= 11 is 5.94. The van der Waals surface area contributed by atoms with Crippen LogP contribution in [0.25, 0.3) is 10.8 Å². The first-order chi connectivity index (χ1) is 12.8. The van der Waals surface area contributed by atoms with Crippen LogP contribution in [0.1, 0.15) is 5.56 Å². The second-order valence-corrected chi connectivity index (χ2v) is 8.55. The molecule has 140 valence electrons. The van der Waals surface area contributed by atoms with Gasteiger partial charge in [-0.3, -0.25) is 9.10 Å². The lowest BCUT2D eigenvalue weighted by atomic mass is 10.1. The highest BCUT2D eigenvalue weighted by molar-refractivity contribution is 7.92. The molecular weight excluding hydrogens is 384 g/mol. The molecule has 7 heteroatoms. The van der Waals surface area contributed by atoms with Crippen molar-refractivity contribution in [1.29, 1.82) is 0 Å². The van der Waals surface area contributed by atoms with Crippen LogP contribution in [0, 0.1) is 0 Å². The van der Waals surface area contributed by atoms with Gasteiger partial charge in [0.15, 0.2) is 0 Å². The van der Waals surface area contributed by atoms with Crippen molar-refractivity contribution in [2.75, 3.05) is 17.1 Å². The predicted octanol–water partition coefficient (Wildman–Crippen LogP) is 3.58. The topological polar surface area (TPSA) is 66.5 Å². The SMILES string of the molecule is CS(=O)(=O)N(CC(=O)NCc1ccc2ccccc2c1)c1cccc(Cl)c1. The molecule has 0 saturated heterocycles. The summed E-state index contributed by atoms with van der Waals surface area (Å²) < 4.78 is 25.2. The van der Waals surface area contributed by atoms with Gasteiger partial charge >= 0.3 is 0 Å². The number of rotatable bonds is 6.